The van der Waals surface area contributed by atoms with Crippen LogP contribution in [0.4, 0.5) is 4.39 Å². The highest BCUT2D eigenvalue weighted by molar-refractivity contribution is 9.10. The predicted molar refractivity (Wildman–Crippen MR) is 116 cm³/mol. The summed E-state index contributed by atoms with van der Waals surface area (Å²) in [6.07, 6.45) is 1.80. The van der Waals surface area contributed by atoms with E-state index in [2.05, 4.69) is 22.0 Å². The molecule has 0 spiro atoms. The van der Waals surface area contributed by atoms with Crippen LogP contribution >= 0.6 is 15.9 Å². The quantitative estimate of drug-likeness (QED) is 0.299. The molecule has 0 bridgehead atoms. The molecule has 3 aromatic carbocycles. The van der Waals surface area contributed by atoms with Crippen molar-refractivity contribution in [2.24, 2.45) is 0 Å². The predicted octanol–water partition coefficient (Wildman–Crippen LogP) is 6.63. The fourth-order valence-electron chi connectivity index (χ4n) is 2.75. The molecule has 0 aliphatic heterocycles. The third kappa shape index (κ3) is 5.46. The van der Waals surface area contributed by atoms with Crippen molar-refractivity contribution >= 4 is 27.6 Å². The highest BCUT2D eigenvalue weighted by Crippen LogP contribution is 2.31. The summed E-state index contributed by atoms with van der Waals surface area (Å²) in [5, 5.41) is 9.55. The van der Waals surface area contributed by atoms with E-state index in [-0.39, 0.29) is 12.4 Å². The molecule has 0 unspecified atom stereocenters. The maximum Gasteiger partial charge on any atom is 0.161 e. The Morgan fingerprint density at radius 2 is 1.79 bits per heavy atom. The van der Waals surface area contributed by atoms with Crippen LogP contribution in [0.1, 0.15) is 23.6 Å². The van der Waals surface area contributed by atoms with Gasteiger partial charge in [0.15, 0.2) is 11.5 Å². The second kappa shape index (κ2) is 9.90. The number of nitriles is 1. The number of ether oxygens (including phenoxy) is 2. The smallest absolute Gasteiger partial charge is 0.161 e. The van der Waals surface area contributed by atoms with Crippen molar-refractivity contribution in [3.8, 4) is 17.6 Å². The Morgan fingerprint density at radius 3 is 2.48 bits per heavy atom. The zero-order chi connectivity index (χ0) is 20.6. The molecule has 0 fully saturated rings. The summed E-state index contributed by atoms with van der Waals surface area (Å²) < 4.78 is 26.3. The summed E-state index contributed by atoms with van der Waals surface area (Å²) in [7, 11) is 0. The number of nitrogens with zero attached hydrogens (tertiary/aromatic N) is 1. The van der Waals surface area contributed by atoms with E-state index in [9.17, 15) is 9.65 Å². The van der Waals surface area contributed by atoms with Crippen LogP contribution in [0, 0.1) is 17.1 Å². The average molecular weight is 452 g/mol. The maximum atomic E-state index is 13.8. The van der Waals surface area contributed by atoms with Gasteiger partial charge in [0.1, 0.15) is 12.4 Å². The Morgan fingerprint density at radius 1 is 1.03 bits per heavy atom. The first-order chi connectivity index (χ1) is 14.1. The van der Waals surface area contributed by atoms with E-state index in [1.807, 2.05) is 43.3 Å². The van der Waals surface area contributed by atoms with Crippen molar-refractivity contribution < 1.29 is 13.9 Å². The molecular weight excluding hydrogens is 433 g/mol. The molecule has 0 amide bonds. The van der Waals surface area contributed by atoms with Crippen molar-refractivity contribution in [1.82, 2.24) is 0 Å². The molecule has 0 aromatic heterocycles. The molecule has 3 nitrogen and oxygen atoms in total. The number of benzene rings is 3. The highest BCUT2D eigenvalue weighted by Gasteiger charge is 2.09. The minimum Gasteiger partial charge on any atom is -0.490 e. The summed E-state index contributed by atoms with van der Waals surface area (Å²) in [5.74, 6) is 0.762. The van der Waals surface area contributed by atoms with E-state index >= 15 is 0 Å². The van der Waals surface area contributed by atoms with Crippen LogP contribution in [0.5, 0.6) is 11.5 Å². The summed E-state index contributed by atoms with van der Waals surface area (Å²) in [6, 6.07) is 21.7. The van der Waals surface area contributed by atoms with Crippen LogP contribution in [0.15, 0.2) is 71.2 Å². The normalized spacial score (nSPS) is 11.0. The largest absolute Gasteiger partial charge is 0.490 e. The van der Waals surface area contributed by atoms with Crippen LogP contribution in [0.25, 0.3) is 11.6 Å². The third-order valence-corrected chi connectivity index (χ3v) is 4.72. The van der Waals surface area contributed by atoms with Gasteiger partial charge in [0.2, 0.25) is 0 Å². The Hall–Kier alpha value is -3.10. The number of halogens is 2. The van der Waals surface area contributed by atoms with Crippen molar-refractivity contribution in [3.63, 3.8) is 0 Å². The third-order valence-electron chi connectivity index (χ3n) is 4.20. The van der Waals surface area contributed by atoms with Gasteiger partial charge in [-0.2, -0.15) is 5.26 Å². The number of hydrogen-bond acceptors (Lipinski definition) is 3. The first-order valence-corrected chi connectivity index (χ1v) is 9.90. The number of hydrogen-bond donors (Lipinski definition) is 0. The van der Waals surface area contributed by atoms with Crippen molar-refractivity contribution in [1.29, 1.82) is 5.26 Å². The van der Waals surface area contributed by atoms with Crippen LogP contribution in [-0.4, -0.2) is 6.61 Å². The fourth-order valence-corrected chi connectivity index (χ4v) is 3.01. The van der Waals surface area contributed by atoms with E-state index in [4.69, 9.17) is 9.47 Å². The number of allylic oxidation sites excluding steroid dienone is 1. The van der Waals surface area contributed by atoms with Crippen LogP contribution in [0.3, 0.4) is 0 Å². The molecule has 146 valence electrons. The van der Waals surface area contributed by atoms with Crippen molar-refractivity contribution in [3.05, 3.63) is 93.7 Å². The molecule has 0 aliphatic carbocycles. The van der Waals surface area contributed by atoms with E-state index in [1.165, 1.54) is 6.07 Å². The monoisotopic (exact) mass is 451 g/mol. The van der Waals surface area contributed by atoms with Gasteiger partial charge in [0, 0.05) is 10.0 Å². The van der Waals surface area contributed by atoms with Gasteiger partial charge in [0.25, 0.3) is 0 Å². The van der Waals surface area contributed by atoms with Gasteiger partial charge < -0.3 is 9.47 Å². The zero-order valence-electron chi connectivity index (χ0n) is 15.9. The Kier molecular flexibility index (Phi) is 7.04. The van der Waals surface area contributed by atoms with Gasteiger partial charge in [-0.05, 0) is 54.5 Å². The van der Waals surface area contributed by atoms with Crippen LogP contribution in [0.2, 0.25) is 0 Å². The highest BCUT2D eigenvalue weighted by atomic mass is 79.9. The summed E-state index contributed by atoms with van der Waals surface area (Å²) in [5.41, 5.74) is 2.65. The molecule has 3 aromatic rings. The molecule has 0 heterocycles. The molecule has 0 saturated carbocycles. The maximum absolute atomic E-state index is 13.8. The molecule has 0 N–H and O–H groups in total. The van der Waals surface area contributed by atoms with E-state index in [0.717, 1.165) is 15.6 Å². The first kappa shape index (κ1) is 20.6. The standard InChI is InChI=1S/C24H19BrFNO2/c1-2-28-24-14-17(13-20(15-27)18-8-10-21(25)11-9-18)7-12-23(24)29-16-19-5-3-4-6-22(19)26/h3-14H,2,16H2,1H3/b20-13+. The summed E-state index contributed by atoms with van der Waals surface area (Å²) in [6.45, 7) is 2.44. The first-order valence-electron chi connectivity index (χ1n) is 9.11. The lowest BCUT2D eigenvalue weighted by Crippen LogP contribution is -2.01. The lowest BCUT2D eigenvalue weighted by atomic mass is 10.0. The Labute approximate surface area is 178 Å². The Balaban J connectivity index is 1.86. The van der Waals surface area contributed by atoms with Gasteiger partial charge in [-0.1, -0.05) is 52.3 Å². The van der Waals surface area contributed by atoms with Gasteiger partial charge in [-0.3, -0.25) is 0 Å². The number of rotatable bonds is 7. The Bertz CT molecular complexity index is 1060. The molecule has 0 saturated heterocycles. The second-order valence-corrected chi connectivity index (χ2v) is 7.11. The van der Waals surface area contributed by atoms with E-state index < -0.39 is 0 Å². The topological polar surface area (TPSA) is 42.2 Å². The summed E-state index contributed by atoms with van der Waals surface area (Å²) in [4.78, 5) is 0. The molecule has 5 heteroatoms. The molecule has 29 heavy (non-hydrogen) atoms. The lowest BCUT2D eigenvalue weighted by molar-refractivity contribution is 0.266. The lowest BCUT2D eigenvalue weighted by Gasteiger charge is -2.13. The molecular formula is C24H19BrFNO2. The fraction of sp³-hybridized carbons (Fsp3) is 0.125. The van der Waals surface area contributed by atoms with Crippen molar-refractivity contribution in [2.45, 2.75) is 13.5 Å². The molecule has 0 atom stereocenters. The van der Waals surface area contributed by atoms with Gasteiger partial charge in [-0.15, -0.1) is 0 Å². The van der Waals surface area contributed by atoms with Gasteiger partial charge in [0.05, 0.1) is 18.2 Å². The van der Waals surface area contributed by atoms with Crippen LogP contribution < -0.4 is 9.47 Å². The SMILES string of the molecule is CCOc1cc(/C=C(\C#N)c2ccc(Br)cc2)ccc1OCc1ccccc1F. The van der Waals surface area contributed by atoms with Gasteiger partial charge in [-0.25, -0.2) is 4.39 Å². The minimum absolute atomic E-state index is 0.101. The van der Waals surface area contributed by atoms with E-state index in [1.54, 1.807) is 30.3 Å². The van der Waals surface area contributed by atoms with Crippen LogP contribution in [-0.2, 0) is 6.61 Å². The molecule has 0 aliphatic rings. The van der Waals surface area contributed by atoms with E-state index in [0.29, 0.717) is 29.2 Å². The molecule has 3 rings (SSSR count). The zero-order valence-corrected chi connectivity index (χ0v) is 17.4. The summed E-state index contributed by atoms with van der Waals surface area (Å²) >= 11 is 3.40. The molecule has 0 radical (unpaired) electrons. The minimum atomic E-state index is -0.307. The second-order valence-electron chi connectivity index (χ2n) is 6.20. The van der Waals surface area contributed by atoms with Crippen molar-refractivity contribution in [2.75, 3.05) is 6.61 Å². The average Bonchev–Trinajstić information content (AvgIpc) is 2.73. The van der Waals surface area contributed by atoms with Gasteiger partial charge >= 0.3 is 0 Å².